The number of rotatable bonds is 4. The van der Waals surface area contributed by atoms with Gasteiger partial charge in [0.1, 0.15) is 0 Å². The summed E-state index contributed by atoms with van der Waals surface area (Å²) in [4.78, 5) is 2.38. The molecule has 0 unspecified atom stereocenters. The SMILES string of the molecule is ClC(/C=N\N1CCN(c2ccccc2)CC1)=C\c1ccccc1. The minimum Gasteiger partial charge on any atom is -0.368 e. The highest BCUT2D eigenvalue weighted by Gasteiger charge is 2.15. The zero-order chi connectivity index (χ0) is 15.9. The van der Waals surface area contributed by atoms with Crippen LogP contribution >= 0.6 is 11.6 Å². The zero-order valence-corrected chi connectivity index (χ0v) is 13.7. The Hall–Kier alpha value is -2.26. The van der Waals surface area contributed by atoms with Crippen molar-refractivity contribution in [3.8, 4) is 0 Å². The molecule has 0 aliphatic carbocycles. The molecular weight excluding hydrogens is 306 g/mol. The van der Waals surface area contributed by atoms with Gasteiger partial charge in [0.15, 0.2) is 0 Å². The Labute approximate surface area is 142 Å². The van der Waals surface area contributed by atoms with Crippen molar-refractivity contribution in [3.05, 3.63) is 71.3 Å². The van der Waals surface area contributed by atoms with E-state index >= 15 is 0 Å². The summed E-state index contributed by atoms with van der Waals surface area (Å²) < 4.78 is 0. The highest BCUT2D eigenvalue weighted by molar-refractivity contribution is 6.41. The van der Waals surface area contributed by atoms with E-state index in [0.29, 0.717) is 5.03 Å². The van der Waals surface area contributed by atoms with E-state index in [1.54, 1.807) is 6.21 Å². The van der Waals surface area contributed by atoms with E-state index < -0.39 is 0 Å². The van der Waals surface area contributed by atoms with Crippen LogP contribution in [0.15, 0.2) is 70.8 Å². The van der Waals surface area contributed by atoms with Crippen LogP contribution in [0.3, 0.4) is 0 Å². The van der Waals surface area contributed by atoms with Crippen LogP contribution < -0.4 is 4.90 Å². The molecule has 0 radical (unpaired) electrons. The number of anilines is 1. The van der Waals surface area contributed by atoms with Crippen LogP contribution in [0, 0.1) is 0 Å². The molecular formula is C19H20ClN3. The summed E-state index contributed by atoms with van der Waals surface area (Å²) in [5, 5.41) is 7.20. The first-order chi connectivity index (χ1) is 11.3. The summed E-state index contributed by atoms with van der Waals surface area (Å²) in [6.45, 7) is 3.75. The summed E-state index contributed by atoms with van der Waals surface area (Å²) in [6.07, 6.45) is 3.65. The van der Waals surface area contributed by atoms with E-state index in [1.165, 1.54) is 5.69 Å². The summed E-state index contributed by atoms with van der Waals surface area (Å²) in [5.74, 6) is 0. The van der Waals surface area contributed by atoms with Crippen LogP contribution in [-0.2, 0) is 0 Å². The third kappa shape index (κ3) is 4.60. The Balaban J connectivity index is 1.53. The van der Waals surface area contributed by atoms with Crippen molar-refractivity contribution in [1.82, 2.24) is 5.01 Å². The van der Waals surface area contributed by atoms with E-state index in [0.717, 1.165) is 31.7 Å². The highest BCUT2D eigenvalue weighted by Crippen LogP contribution is 2.16. The molecule has 1 fully saturated rings. The summed E-state index contributed by atoms with van der Waals surface area (Å²) in [6, 6.07) is 20.5. The third-order valence-corrected chi connectivity index (χ3v) is 4.03. The number of hydrogen-bond acceptors (Lipinski definition) is 3. The smallest absolute Gasteiger partial charge is 0.0657 e. The fourth-order valence-electron chi connectivity index (χ4n) is 2.59. The minimum atomic E-state index is 0.640. The zero-order valence-electron chi connectivity index (χ0n) is 13.0. The molecule has 0 aromatic heterocycles. The third-order valence-electron chi connectivity index (χ3n) is 3.83. The second kappa shape index (κ2) is 7.84. The van der Waals surface area contributed by atoms with Gasteiger partial charge >= 0.3 is 0 Å². The second-order valence-corrected chi connectivity index (χ2v) is 5.90. The lowest BCUT2D eigenvalue weighted by Gasteiger charge is -2.34. The van der Waals surface area contributed by atoms with Gasteiger partial charge in [0.05, 0.1) is 24.3 Å². The lowest BCUT2D eigenvalue weighted by atomic mass is 10.2. The Bertz CT molecular complexity index is 660. The molecule has 0 spiro atoms. The molecule has 118 valence electrons. The lowest BCUT2D eigenvalue weighted by Crippen LogP contribution is -2.44. The number of hydrazone groups is 1. The van der Waals surface area contributed by atoms with Crippen LogP contribution in [-0.4, -0.2) is 37.4 Å². The average Bonchev–Trinajstić information content (AvgIpc) is 2.62. The molecule has 1 aliphatic rings. The summed E-state index contributed by atoms with van der Waals surface area (Å²) >= 11 is 6.23. The standard InChI is InChI=1S/C19H20ClN3/c20-18(15-17-7-3-1-4-8-17)16-21-23-13-11-22(12-14-23)19-9-5-2-6-10-19/h1-10,15-16H,11-14H2/b18-15-,21-16-. The monoisotopic (exact) mass is 325 g/mol. The van der Waals surface area contributed by atoms with E-state index in [9.17, 15) is 0 Å². The first-order valence-corrected chi connectivity index (χ1v) is 8.20. The van der Waals surface area contributed by atoms with Gasteiger partial charge < -0.3 is 4.90 Å². The minimum absolute atomic E-state index is 0.640. The van der Waals surface area contributed by atoms with Gasteiger partial charge in [-0.15, -0.1) is 0 Å². The van der Waals surface area contributed by atoms with Crippen LogP contribution in [0.2, 0.25) is 0 Å². The van der Waals surface area contributed by atoms with Crippen molar-refractivity contribution in [2.45, 2.75) is 0 Å². The number of para-hydroxylation sites is 1. The molecule has 0 N–H and O–H groups in total. The molecule has 2 aromatic carbocycles. The van der Waals surface area contributed by atoms with Crippen molar-refractivity contribution < 1.29 is 0 Å². The highest BCUT2D eigenvalue weighted by atomic mass is 35.5. The van der Waals surface area contributed by atoms with E-state index in [2.05, 4.69) is 39.3 Å². The van der Waals surface area contributed by atoms with Crippen LogP contribution in [0.1, 0.15) is 5.56 Å². The van der Waals surface area contributed by atoms with Gasteiger partial charge in [-0.3, -0.25) is 5.01 Å². The Morgan fingerprint density at radius 3 is 2.13 bits per heavy atom. The average molecular weight is 326 g/mol. The molecule has 23 heavy (non-hydrogen) atoms. The number of allylic oxidation sites excluding steroid dienone is 1. The molecule has 0 bridgehead atoms. The van der Waals surface area contributed by atoms with Crippen LogP contribution in [0.5, 0.6) is 0 Å². The molecule has 2 aromatic rings. The molecule has 1 aliphatic heterocycles. The van der Waals surface area contributed by atoms with Gasteiger partial charge in [0.25, 0.3) is 0 Å². The van der Waals surface area contributed by atoms with E-state index in [1.807, 2.05) is 42.5 Å². The Morgan fingerprint density at radius 2 is 1.48 bits per heavy atom. The predicted molar refractivity (Wildman–Crippen MR) is 99.0 cm³/mol. The van der Waals surface area contributed by atoms with Crippen molar-refractivity contribution in [2.24, 2.45) is 5.10 Å². The fraction of sp³-hybridized carbons (Fsp3) is 0.211. The van der Waals surface area contributed by atoms with Crippen molar-refractivity contribution in [3.63, 3.8) is 0 Å². The maximum atomic E-state index is 6.23. The molecule has 0 saturated carbocycles. The number of nitrogens with zero attached hydrogens (tertiary/aromatic N) is 3. The van der Waals surface area contributed by atoms with E-state index in [-0.39, 0.29) is 0 Å². The van der Waals surface area contributed by atoms with Gasteiger partial charge in [-0.1, -0.05) is 60.1 Å². The van der Waals surface area contributed by atoms with Gasteiger partial charge in [-0.2, -0.15) is 5.10 Å². The Morgan fingerprint density at radius 1 is 0.870 bits per heavy atom. The maximum absolute atomic E-state index is 6.23. The number of hydrogen-bond donors (Lipinski definition) is 0. The molecule has 3 rings (SSSR count). The maximum Gasteiger partial charge on any atom is 0.0657 e. The molecule has 4 heteroatoms. The topological polar surface area (TPSA) is 18.8 Å². The van der Waals surface area contributed by atoms with Crippen molar-refractivity contribution in [1.29, 1.82) is 0 Å². The quantitative estimate of drug-likeness (QED) is 0.789. The molecule has 0 amide bonds. The van der Waals surface area contributed by atoms with Gasteiger partial charge in [-0.05, 0) is 23.8 Å². The summed E-state index contributed by atoms with van der Waals surface area (Å²) in [5.41, 5.74) is 2.36. The molecule has 1 saturated heterocycles. The Kier molecular flexibility index (Phi) is 5.33. The fourth-order valence-corrected chi connectivity index (χ4v) is 2.76. The lowest BCUT2D eigenvalue weighted by molar-refractivity contribution is 0.272. The number of piperazine rings is 1. The van der Waals surface area contributed by atoms with E-state index in [4.69, 9.17) is 11.6 Å². The van der Waals surface area contributed by atoms with Crippen LogP contribution in [0.25, 0.3) is 6.08 Å². The normalized spacial score (nSPS) is 16.1. The van der Waals surface area contributed by atoms with Gasteiger partial charge in [0, 0.05) is 18.8 Å². The van der Waals surface area contributed by atoms with Gasteiger partial charge in [0.2, 0.25) is 0 Å². The number of benzene rings is 2. The molecule has 0 atom stereocenters. The largest absolute Gasteiger partial charge is 0.368 e. The second-order valence-electron chi connectivity index (χ2n) is 5.46. The van der Waals surface area contributed by atoms with Crippen LogP contribution in [0.4, 0.5) is 5.69 Å². The predicted octanol–water partition coefficient (Wildman–Crippen LogP) is 4.07. The van der Waals surface area contributed by atoms with Gasteiger partial charge in [-0.25, -0.2) is 0 Å². The van der Waals surface area contributed by atoms with Crippen molar-refractivity contribution in [2.75, 3.05) is 31.1 Å². The summed E-state index contributed by atoms with van der Waals surface area (Å²) in [7, 11) is 0. The first-order valence-electron chi connectivity index (χ1n) is 7.82. The number of halogens is 1. The molecule has 3 nitrogen and oxygen atoms in total. The van der Waals surface area contributed by atoms with Crippen molar-refractivity contribution >= 4 is 29.6 Å². The molecule has 1 heterocycles. The first kappa shape index (κ1) is 15.6.